The van der Waals surface area contributed by atoms with Gasteiger partial charge in [-0.3, -0.25) is 0 Å². The van der Waals surface area contributed by atoms with Crippen molar-refractivity contribution in [1.29, 1.82) is 5.41 Å². The minimum atomic E-state index is 0.553. The summed E-state index contributed by atoms with van der Waals surface area (Å²) in [5, 5.41) is 10.6. The third-order valence-corrected chi connectivity index (χ3v) is 2.44. The van der Waals surface area contributed by atoms with Crippen LogP contribution in [0.25, 0.3) is 0 Å². The van der Waals surface area contributed by atoms with E-state index in [0.29, 0.717) is 5.71 Å². The lowest BCUT2D eigenvalue weighted by Crippen LogP contribution is -2.21. The van der Waals surface area contributed by atoms with Gasteiger partial charge in [0.2, 0.25) is 0 Å². The Labute approximate surface area is 73.0 Å². The smallest absolute Gasteiger partial charge is 0.0436 e. The summed E-state index contributed by atoms with van der Waals surface area (Å²) in [5.41, 5.74) is 1.70. The molecule has 0 aromatic heterocycles. The number of allylic oxidation sites excluding steroid dienone is 2. The van der Waals surface area contributed by atoms with Gasteiger partial charge in [-0.2, -0.15) is 0 Å². The van der Waals surface area contributed by atoms with Gasteiger partial charge in [-0.1, -0.05) is 0 Å². The van der Waals surface area contributed by atoms with E-state index in [1.54, 1.807) is 6.92 Å². The molecule has 1 aliphatic rings. The highest BCUT2D eigenvalue weighted by Crippen LogP contribution is 2.17. The maximum Gasteiger partial charge on any atom is 0.0436 e. The van der Waals surface area contributed by atoms with E-state index in [1.807, 2.05) is 0 Å². The maximum absolute atomic E-state index is 7.36. The van der Waals surface area contributed by atoms with Crippen LogP contribution in [0.2, 0.25) is 0 Å². The lowest BCUT2D eigenvalue weighted by molar-refractivity contribution is 0.587. The fraction of sp³-hybridized carbons (Fsp3) is 0.625. The molecule has 0 aliphatic carbocycles. The third-order valence-electron chi connectivity index (χ3n) is 1.83. The van der Waals surface area contributed by atoms with Crippen molar-refractivity contribution in [2.45, 2.75) is 26.2 Å². The SMILES string of the molecule is CC(=N)/C(S)=C1/CCCCN1. The van der Waals surface area contributed by atoms with E-state index in [4.69, 9.17) is 5.41 Å². The monoisotopic (exact) mass is 170 g/mol. The van der Waals surface area contributed by atoms with Crippen molar-refractivity contribution in [3.05, 3.63) is 10.6 Å². The van der Waals surface area contributed by atoms with Crippen molar-refractivity contribution in [3.63, 3.8) is 0 Å². The largest absolute Gasteiger partial charge is 0.387 e. The van der Waals surface area contributed by atoms with Crippen LogP contribution in [0.15, 0.2) is 10.6 Å². The summed E-state index contributed by atoms with van der Waals surface area (Å²) in [6.45, 7) is 2.80. The maximum atomic E-state index is 7.36. The van der Waals surface area contributed by atoms with Crippen molar-refractivity contribution in [3.8, 4) is 0 Å². The lowest BCUT2D eigenvalue weighted by Gasteiger charge is -2.18. The van der Waals surface area contributed by atoms with Crippen molar-refractivity contribution >= 4 is 18.3 Å². The Bertz CT molecular complexity index is 188. The number of rotatable bonds is 1. The zero-order valence-electron chi connectivity index (χ0n) is 6.78. The molecule has 1 saturated heterocycles. The normalized spacial score (nSPS) is 22.4. The Kier molecular flexibility index (Phi) is 3.00. The molecule has 3 heteroatoms. The van der Waals surface area contributed by atoms with Crippen LogP contribution in [0, 0.1) is 5.41 Å². The van der Waals surface area contributed by atoms with E-state index < -0.39 is 0 Å². The molecule has 0 spiro atoms. The average Bonchev–Trinajstić information content (AvgIpc) is 2.05. The molecule has 0 unspecified atom stereocenters. The van der Waals surface area contributed by atoms with Gasteiger partial charge in [-0.05, 0) is 26.2 Å². The van der Waals surface area contributed by atoms with Crippen molar-refractivity contribution in [1.82, 2.24) is 5.32 Å². The van der Waals surface area contributed by atoms with Crippen molar-refractivity contribution in [2.75, 3.05) is 6.54 Å². The average molecular weight is 170 g/mol. The number of piperidine rings is 1. The second kappa shape index (κ2) is 3.81. The number of thiol groups is 1. The molecule has 11 heavy (non-hydrogen) atoms. The van der Waals surface area contributed by atoms with Crippen LogP contribution < -0.4 is 5.32 Å². The molecule has 1 rings (SSSR count). The first-order valence-corrected chi connectivity index (χ1v) is 4.38. The van der Waals surface area contributed by atoms with Crippen LogP contribution in [-0.4, -0.2) is 12.3 Å². The van der Waals surface area contributed by atoms with Crippen LogP contribution in [0.4, 0.5) is 0 Å². The predicted molar refractivity (Wildman–Crippen MR) is 51.3 cm³/mol. The van der Waals surface area contributed by atoms with Gasteiger partial charge in [0.05, 0.1) is 0 Å². The standard InChI is InChI=1S/C8H14N2S/c1-6(9)8(11)7-4-2-3-5-10-7/h9-11H,2-5H2,1H3/b8-7+,9-6?. The Morgan fingerprint density at radius 1 is 1.55 bits per heavy atom. The van der Waals surface area contributed by atoms with Crippen LogP contribution >= 0.6 is 12.6 Å². The molecule has 0 atom stereocenters. The molecule has 62 valence electrons. The molecule has 0 amide bonds. The Balaban J connectivity index is 2.68. The minimum absolute atomic E-state index is 0.553. The van der Waals surface area contributed by atoms with Gasteiger partial charge in [0.15, 0.2) is 0 Å². The number of hydrogen-bond acceptors (Lipinski definition) is 3. The van der Waals surface area contributed by atoms with E-state index in [2.05, 4.69) is 17.9 Å². The summed E-state index contributed by atoms with van der Waals surface area (Å²) in [6.07, 6.45) is 3.51. The van der Waals surface area contributed by atoms with Crippen LogP contribution in [-0.2, 0) is 0 Å². The minimum Gasteiger partial charge on any atom is -0.387 e. The molecule has 1 fully saturated rings. The fourth-order valence-corrected chi connectivity index (χ4v) is 1.37. The fourth-order valence-electron chi connectivity index (χ4n) is 1.18. The quantitative estimate of drug-likeness (QED) is 0.408. The molecule has 0 aromatic carbocycles. The Morgan fingerprint density at radius 3 is 2.73 bits per heavy atom. The molecule has 0 radical (unpaired) electrons. The summed E-state index contributed by atoms with van der Waals surface area (Å²) >= 11 is 4.26. The van der Waals surface area contributed by atoms with E-state index in [0.717, 1.165) is 23.6 Å². The first-order chi connectivity index (χ1) is 5.22. The Morgan fingerprint density at radius 2 is 2.27 bits per heavy atom. The van der Waals surface area contributed by atoms with Crippen LogP contribution in [0.3, 0.4) is 0 Å². The van der Waals surface area contributed by atoms with E-state index in [1.165, 1.54) is 12.8 Å². The van der Waals surface area contributed by atoms with Crippen molar-refractivity contribution in [2.24, 2.45) is 0 Å². The first-order valence-electron chi connectivity index (χ1n) is 3.93. The number of hydrogen-bond donors (Lipinski definition) is 3. The van der Waals surface area contributed by atoms with Crippen LogP contribution in [0.1, 0.15) is 26.2 Å². The highest BCUT2D eigenvalue weighted by atomic mass is 32.1. The van der Waals surface area contributed by atoms with Gasteiger partial charge in [0.1, 0.15) is 0 Å². The topological polar surface area (TPSA) is 35.9 Å². The van der Waals surface area contributed by atoms with Gasteiger partial charge in [-0.25, -0.2) is 0 Å². The molecular weight excluding hydrogens is 156 g/mol. The highest BCUT2D eigenvalue weighted by Gasteiger charge is 2.08. The van der Waals surface area contributed by atoms with Gasteiger partial charge < -0.3 is 10.7 Å². The van der Waals surface area contributed by atoms with Gasteiger partial charge >= 0.3 is 0 Å². The molecule has 2 nitrogen and oxygen atoms in total. The zero-order valence-corrected chi connectivity index (χ0v) is 7.67. The highest BCUT2D eigenvalue weighted by molar-refractivity contribution is 7.85. The van der Waals surface area contributed by atoms with Crippen molar-refractivity contribution < 1.29 is 0 Å². The summed E-state index contributed by atoms with van der Waals surface area (Å²) < 4.78 is 0. The molecule has 0 bridgehead atoms. The number of nitrogens with one attached hydrogen (secondary N) is 2. The van der Waals surface area contributed by atoms with Crippen LogP contribution in [0.5, 0.6) is 0 Å². The van der Waals surface area contributed by atoms with Gasteiger partial charge in [0, 0.05) is 22.9 Å². The summed E-state index contributed by atoms with van der Waals surface area (Å²) in [4.78, 5) is 0.824. The predicted octanol–water partition coefficient (Wildman–Crippen LogP) is 1.94. The second-order valence-electron chi connectivity index (χ2n) is 2.84. The second-order valence-corrected chi connectivity index (χ2v) is 3.28. The van der Waals surface area contributed by atoms with E-state index in [-0.39, 0.29) is 0 Å². The summed E-state index contributed by atoms with van der Waals surface area (Å²) in [7, 11) is 0. The Hall–Kier alpha value is -0.440. The molecular formula is C8H14N2S. The first kappa shape index (κ1) is 8.65. The zero-order chi connectivity index (χ0) is 8.27. The molecule has 0 saturated carbocycles. The molecule has 0 aromatic rings. The molecule has 1 aliphatic heterocycles. The summed E-state index contributed by atoms with van der Waals surface area (Å²) in [5.74, 6) is 0. The summed E-state index contributed by atoms with van der Waals surface area (Å²) in [6, 6.07) is 0. The van der Waals surface area contributed by atoms with E-state index in [9.17, 15) is 0 Å². The molecule has 1 heterocycles. The van der Waals surface area contributed by atoms with Gasteiger partial charge in [0.25, 0.3) is 0 Å². The third kappa shape index (κ3) is 2.26. The van der Waals surface area contributed by atoms with Gasteiger partial charge in [-0.15, -0.1) is 12.6 Å². The lowest BCUT2D eigenvalue weighted by atomic mass is 10.1. The van der Waals surface area contributed by atoms with E-state index >= 15 is 0 Å². The molecule has 2 N–H and O–H groups in total.